The molecule has 0 aromatic heterocycles. The van der Waals surface area contributed by atoms with Gasteiger partial charge in [-0.2, -0.15) is 0 Å². The molecule has 0 radical (unpaired) electrons. The molecule has 0 aliphatic carbocycles. The van der Waals surface area contributed by atoms with Gasteiger partial charge in [-0.25, -0.2) is 12.7 Å². The van der Waals surface area contributed by atoms with E-state index in [-0.39, 0.29) is 23.6 Å². The number of carbonyl (C=O) groups is 2. The van der Waals surface area contributed by atoms with Crippen molar-refractivity contribution in [2.75, 3.05) is 14.1 Å². The summed E-state index contributed by atoms with van der Waals surface area (Å²) in [6.45, 7) is 0.306. The zero-order chi connectivity index (χ0) is 17.5. The van der Waals surface area contributed by atoms with Gasteiger partial charge in [0.05, 0.1) is 4.90 Å². The third-order valence-electron chi connectivity index (χ3n) is 3.24. The minimum atomic E-state index is -3.45. The van der Waals surface area contributed by atoms with Crippen LogP contribution < -0.4 is 5.32 Å². The quantitative estimate of drug-likeness (QED) is 0.656. The second-order valence-electron chi connectivity index (χ2n) is 5.31. The molecule has 0 fully saturated rings. The highest BCUT2D eigenvalue weighted by molar-refractivity contribution is 7.89. The van der Waals surface area contributed by atoms with Crippen molar-refractivity contribution in [2.24, 2.45) is 0 Å². The Morgan fingerprint density at radius 3 is 2.17 bits per heavy atom. The molecule has 0 heterocycles. The molecule has 0 aliphatic rings. The number of rotatable bonds is 9. The molecular formula is C15H22N2O5S. The van der Waals surface area contributed by atoms with E-state index in [0.29, 0.717) is 19.4 Å². The zero-order valence-corrected chi connectivity index (χ0v) is 14.1. The minimum Gasteiger partial charge on any atom is -0.481 e. The van der Waals surface area contributed by atoms with Gasteiger partial charge in [-0.3, -0.25) is 9.59 Å². The molecule has 0 spiro atoms. The van der Waals surface area contributed by atoms with E-state index in [2.05, 4.69) is 5.32 Å². The van der Waals surface area contributed by atoms with Crippen LogP contribution >= 0.6 is 0 Å². The summed E-state index contributed by atoms with van der Waals surface area (Å²) in [6.07, 6.45) is 1.34. The van der Waals surface area contributed by atoms with Gasteiger partial charge in [0.2, 0.25) is 15.9 Å². The van der Waals surface area contributed by atoms with E-state index in [9.17, 15) is 18.0 Å². The molecule has 128 valence electrons. The van der Waals surface area contributed by atoms with Crippen LogP contribution in [0.3, 0.4) is 0 Å². The number of nitrogens with zero attached hydrogens (tertiary/aromatic N) is 1. The van der Waals surface area contributed by atoms with E-state index in [0.717, 1.165) is 9.87 Å². The van der Waals surface area contributed by atoms with E-state index < -0.39 is 16.0 Å². The highest BCUT2D eigenvalue weighted by atomic mass is 32.2. The van der Waals surface area contributed by atoms with Crippen LogP contribution in [0.15, 0.2) is 29.2 Å². The number of nitrogens with one attached hydrogen (secondary N) is 1. The van der Waals surface area contributed by atoms with Gasteiger partial charge in [-0.15, -0.1) is 0 Å². The van der Waals surface area contributed by atoms with E-state index in [1.165, 1.54) is 26.2 Å². The van der Waals surface area contributed by atoms with Crippen molar-refractivity contribution in [1.29, 1.82) is 0 Å². The lowest BCUT2D eigenvalue weighted by Gasteiger charge is -2.12. The fourth-order valence-corrected chi connectivity index (χ4v) is 2.74. The van der Waals surface area contributed by atoms with Crippen molar-refractivity contribution >= 4 is 21.9 Å². The Hall–Kier alpha value is -1.93. The average molecular weight is 342 g/mol. The van der Waals surface area contributed by atoms with Gasteiger partial charge in [-0.1, -0.05) is 12.1 Å². The fourth-order valence-electron chi connectivity index (χ4n) is 1.84. The molecular weight excluding hydrogens is 320 g/mol. The van der Waals surface area contributed by atoms with Crippen molar-refractivity contribution in [3.8, 4) is 0 Å². The monoisotopic (exact) mass is 342 g/mol. The lowest BCUT2D eigenvalue weighted by molar-refractivity contribution is -0.137. The lowest BCUT2D eigenvalue weighted by atomic mass is 10.2. The summed E-state index contributed by atoms with van der Waals surface area (Å²) < 4.78 is 25.0. The number of sulfonamides is 1. The molecule has 0 saturated carbocycles. The SMILES string of the molecule is CN(C)S(=O)(=O)c1ccc(CNC(=O)CCCCC(=O)O)cc1. The number of carbonyl (C=O) groups excluding carboxylic acids is 1. The second kappa shape index (κ2) is 8.64. The first kappa shape index (κ1) is 19.1. The number of hydrogen-bond acceptors (Lipinski definition) is 4. The Labute approximate surface area is 136 Å². The highest BCUT2D eigenvalue weighted by Gasteiger charge is 2.16. The van der Waals surface area contributed by atoms with Crippen LogP contribution in [-0.4, -0.2) is 43.8 Å². The van der Waals surface area contributed by atoms with Crippen LogP contribution in [0, 0.1) is 0 Å². The van der Waals surface area contributed by atoms with Crippen molar-refractivity contribution in [3.05, 3.63) is 29.8 Å². The van der Waals surface area contributed by atoms with Gasteiger partial charge in [0.1, 0.15) is 0 Å². The molecule has 7 nitrogen and oxygen atoms in total. The van der Waals surface area contributed by atoms with Gasteiger partial charge in [0.15, 0.2) is 0 Å². The summed E-state index contributed by atoms with van der Waals surface area (Å²) in [5.41, 5.74) is 0.793. The molecule has 1 rings (SSSR count). The Kier molecular flexibility index (Phi) is 7.18. The molecule has 0 atom stereocenters. The summed E-state index contributed by atoms with van der Waals surface area (Å²) >= 11 is 0. The molecule has 1 amide bonds. The third kappa shape index (κ3) is 6.37. The van der Waals surface area contributed by atoms with Crippen LogP contribution in [-0.2, 0) is 26.2 Å². The number of carboxylic acid groups (broad SMARTS) is 1. The minimum absolute atomic E-state index is 0.0646. The van der Waals surface area contributed by atoms with Gasteiger partial charge < -0.3 is 10.4 Å². The Balaban J connectivity index is 2.44. The van der Waals surface area contributed by atoms with Gasteiger partial charge in [-0.05, 0) is 30.5 Å². The summed E-state index contributed by atoms with van der Waals surface area (Å²) in [5, 5.41) is 11.2. The van der Waals surface area contributed by atoms with Gasteiger partial charge in [0, 0.05) is 33.5 Å². The smallest absolute Gasteiger partial charge is 0.303 e. The standard InChI is InChI=1S/C15H22N2O5S/c1-17(2)23(21,22)13-9-7-12(8-10-13)11-16-14(18)5-3-4-6-15(19)20/h7-10H,3-6,11H2,1-2H3,(H,16,18)(H,19,20). The van der Waals surface area contributed by atoms with Crippen molar-refractivity contribution < 1.29 is 23.1 Å². The molecule has 8 heteroatoms. The number of amides is 1. The molecule has 0 saturated heterocycles. The van der Waals surface area contributed by atoms with Gasteiger partial charge in [0.25, 0.3) is 0 Å². The first-order chi connectivity index (χ1) is 10.7. The fraction of sp³-hybridized carbons (Fsp3) is 0.467. The zero-order valence-electron chi connectivity index (χ0n) is 13.3. The second-order valence-corrected chi connectivity index (χ2v) is 7.46. The number of carboxylic acids is 1. The van der Waals surface area contributed by atoms with E-state index in [1.807, 2.05) is 0 Å². The average Bonchev–Trinajstić information content (AvgIpc) is 2.49. The normalized spacial score (nSPS) is 11.4. The summed E-state index contributed by atoms with van der Waals surface area (Å²) in [4.78, 5) is 22.2. The number of aliphatic carboxylic acids is 1. The van der Waals surface area contributed by atoms with Crippen LogP contribution in [0.2, 0.25) is 0 Å². The number of benzene rings is 1. The molecule has 2 N–H and O–H groups in total. The summed E-state index contributed by atoms with van der Waals surface area (Å²) in [5.74, 6) is -1.02. The first-order valence-electron chi connectivity index (χ1n) is 7.23. The van der Waals surface area contributed by atoms with Crippen molar-refractivity contribution in [2.45, 2.75) is 37.1 Å². The largest absolute Gasteiger partial charge is 0.481 e. The van der Waals surface area contributed by atoms with Crippen molar-refractivity contribution in [3.63, 3.8) is 0 Å². The number of hydrogen-bond donors (Lipinski definition) is 2. The third-order valence-corrected chi connectivity index (χ3v) is 5.07. The van der Waals surface area contributed by atoms with Crippen LogP contribution in [0.1, 0.15) is 31.2 Å². The maximum absolute atomic E-state index is 11.9. The van der Waals surface area contributed by atoms with Crippen LogP contribution in [0.5, 0.6) is 0 Å². The molecule has 1 aromatic rings. The van der Waals surface area contributed by atoms with Gasteiger partial charge >= 0.3 is 5.97 Å². The van der Waals surface area contributed by atoms with E-state index in [1.54, 1.807) is 12.1 Å². The molecule has 0 aliphatic heterocycles. The molecule has 0 bridgehead atoms. The topological polar surface area (TPSA) is 104 Å². The maximum Gasteiger partial charge on any atom is 0.303 e. The predicted molar refractivity (Wildman–Crippen MR) is 85.3 cm³/mol. The molecule has 23 heavy (non-hydrogen) atoms. The van der Waals surface area contributed by atoms with Crippen LogP contribution in [0.4, 0.5) is 0 Å². The summed E-state index contributed by atoms with van der Waals surface area (Å²) in [6, 6.07) is 6.32. The first-order valence-corrected chi connectivity index (χ1v) is 8.67. The highest BCUT2D eigenvalue weighted by Crippen LogP contribution is 2.14. The van der Waals surface area contributed by atoms with Crippen LogP contribution in [0.25, 0.3) is 0 Å². The Bertz CT molecular complexity index is 638. The number of unbranched alkanes of at least 4 members (excludes halogenated alkanes) is 1. The lowest BCUT2D eigenvalue weighted by Crippen LogP contribution is -2.23. The molecule has 0 unspecified atom stereocenters. The Morgan fingerprint density at radius 2 is 1.65 bits per heavy atom. The van der Waals surface area contributed by atoms with Crippen molar-refractivity contribution in [1.82, 2.24) is 9.62 Å². The predicted octanol–water partition coefficient (Wildman–Crippen LogP) is 1.20. The Morgan fingerprint density at radius 1 is 1.09 bits per heavy atom. The summed E-state index contributed by atoms with van der Waals surface area (Å²) in [7, 11) is -0.517. The maximum atomic E-state index is 11.9. The molecule has 1 aromatic carbocycles. The van der Waals surface area contributed by atoms with E-state index >= 15 is 0 Å². The van der Waals surface area contributed by atoms with E-state index in [4.69, 9.17) is 5.11 Å².